The second-order valence-electron chi connectivity index (χ2n) is 4.43. The Balaban J connectivity index is 3.91. The van der Waals surface area contributed by atoms with Crippen LogP contribution in [0.15, 0.2) is 0 Å². The first-order chi connectivity index (χ1) is 5.75. The van der Waals surface area contributed by atoms with E-state index < -0.39 is 6.04 Å². The van der Waals surface area contributed by atoms with Gasteiger partial charge >= 0.3 is 0 Å². The van der Waals surface area contributed by atoms with Crippen LogP contribution in [0.5, 0.6) is 0 Å². The summed E-state index contributed by atoms with van der Waals surface area (Å²) in [6.45, 7) is 7.06. The van der Waals surface area contributed by atoms with Crippen molar-refractivity contribution in [2.75, 3.05) is 0 Å². The molecular weight excluding hydrogens is 166 g/mol. The second-order valence-corrected chi connectivity index (χ2v) is 4.43. The molecule has 0 saturated heterocycles. The summed E-state index contributed by atoms with van der Waals surface area (Å²) >= 11 is 0. The van der Waals surface area contributed by atoms with Gasteiger partial charge in [-0.2, -0.15) is 0 Å². The van der Waals surface area contributed by atoms with Gasteiger partial charge in [0.1, 0.15) is 11.6 Å². The lowest BCUT2D eigenvalue weighted by molar-refractivity contribution is -0.126. The molecule has 76 valence electrons. The van der Waals surface area contributed by atoms with Crippen molar-refractivity contribution in [3.63, 3.8) is 0 Å². The van der Waals surface area contributed by atoms with Crippen LogP contribution in [0.2, 0.25) is 0 Å². The fourth-order valence-corrected chi connectivity index (χ4v) is 0.865. The van der Waals surface area contributed by atoms with Gasteiger partial charge in [0.25, 0.3) is 0 Å². The van der Waals surface area contributed by atoms with Gasteiger partial charge in [-0.15, -0.1) is 0 Å². The van der Waals surface area contributed by atoms with Crippen molar-refractivity contribution in [1.82, 2.24) is 0 Å². The third kappa shape index (κ3) is 4.78. The summed E-state index contributed by atoms with van der Waals surface area (Å²) in [4.78, 5) is 22.2. The van der Waals surface area contributed by atoms with E-state index in [9.17, 15) is 9.59 Å². The van der Waals surface area contributed by atoms with Crippen molar-refractivity contribution < 1.29 is 9.59 Å². The molecule has 13 heavy (non-hydrogen) atoms. The fourth-order valence-electron chi connectivity index (χ4n) is 0.865. The first-order valence-corrected chi connectivity index (χ1v) is 4.54. The third-order valence-electron chi connectivity index (χ3n) is 2.04. The summed E-state index contributed by atoms with van der Waals surface area (Å²) in [5, 5.41) is 0. The first kappa shape index (κ1) is 12.3. The van der Waals surface area contributed by atoms with Crippen molar-refractivity contribution in [3.8, 4) is 0 Å². The molecule has 0 aliphatic carbocycles. The van der Waals surface area contributed by atoms with E-state index in [-0.39, 0.29) is 17.0 Å². The highest BCUT2D eigenvalue weighted by molar-refractivity contribution is 5.85. The SMILES string of the molecule is CC(=O)[C@@H](N)CCC(=O)C(C)(C)C. The van der Waals surface area contributed by atoms with E-state index in [0.717, 1.165) is 0 Å². The molecule has 0 saturated carbocycles. The highest BCUT2D eigenvalue weighted by Crippen LogP contribution is 2.17. The van der Waals surface area contributed by atoms with Gasteiger partial charge in [0.05, 0.1) is 6.04 Å². The molecule has 3 nitrogen and oxygen atoms in total. The van der Waals surface area contributed by atoms with Crippen LogP contribution in [0.4, 0.5) is 0 Å². The molecule has 0 spiro atoms. The normalized spacial score (nSPS) is 13.9. The standard InChI is InChI=1S/C10H19NO2/c1-7(12)8(11)5-6-9(13)10(2,3)4/h8H,5-6,11H2,1-4H3/t8-/m0/s1. The average Bonchev–Trinajstić information content (AvgIpc) is 1.97. The monoisotopic (exact) mass is 185 g/mol. The Kier molecular flexibility index (Phi) is 4.27. The maximum absolute atomic E-state index is 11.4. The molecule has 2 N–H and O–H groups in total. The molecule has 1 atom stereocenters. The van der Waals surface area contributed by atoms with Gasteiger partial charge in [0.2, 0.25) is 0 Å². The minimum Gasteiger partial charge on any atom is -0.322 e. The van der Waals surface area contributed by atoms with Crippen molar-refractivity contribution in [2.24, 2.45) is 11.1 Å². The highest BCUT2D eigenvalue weighted by Gasteiger charge is 2.21. The number of Topliss-reactive ketones (excluding diaryl/α,β-unsaturated/α-hetero) is 2. The van der Waals surface area contributed by atoms with Crippen molar-refractivity contribution in [2.45, 2.75) is 46.6 Å². The molecule has 0 radical (unpaired) electrons. The minimum atomic E-state index is -0.480. The van der Waals surface area contributed by atoms with E-state index in [1.165, 1.54) is 6.92 Å². The molecule has 0 heterocycles. The Morgan fingerprint density at radius 3 is 2.08 bits per heavy atom. The zero-order chi connectivity index (χ0) is 10.6. The van der Waals surface area contributed by atoms with Crippen LogP contribution in [0.25, 0.3) is 0 Å². The Labute approximate surface area is 79.7 Å². The van der Waals surface area contributed by atoms with Crippen LogP contribution in [0, 0.1) is 5.41 Å². The molecule has 3 heteroatoms. The molecule has 0 fully saturated rings. The van der Waals surface area contributed by atoms with Crippen molar-refractivity contribution in [1.29, 1.82) is 0 Å². The largest absolute Gasteiger partial charge is 0.322 e. The number of carbonyl (C=O) groups excluding carboxylic acids is 2. The summed E-state index contributed by atoms with van der Waals surface area (Å²) < 4.78 is 0. The lowest BCUT2D eigenvalue weighted by atomic mass is 9.87. The molecule has 0 aliphatic heterocycles. The van der Waals surface area contributed by atoms with Crippen LogP contribution < -0.4 is 5.73 Å². The Morgan fingerprint density at radius 1 is 1.31 bits per heavy atom. The predicted molar refractivity (Wildman–Crippen MR) is 52.4 cm³/mol. The van der Waals surface area contributed by atoms with Gasteiger partial charge in [-0.1, -0.05) is 20.8 Å². The summed E-state index contributed by atoms with van der Waals surface area (Å²) in [5.74, 6) is 0.103. The molecule has 0 aromatic carbocycles. The van der Waals surface area contributed by atoms with Gasteiger partial charge in [-0.3, -0.25) is 9.59 Å². The minimum absolute atomic E-state index is 0.0540. The zero-order valence-corrected chi connectivity index (χ0v) is 8.89. The molecule has 0 rings (SSSR count). The smallest absolute Gasteiger partial charge is 0.146 e. The van der Waals surface area contributed by atoms with E-state index >= 15 is 0 Å². The van der Waals surface area contributed by atoms with Crippen LogP contribution in [0.1, 0.15) is 40.5 Å². The summed E-state index contributed by atoms with van der Waals surface area (Å²) in [6, 6.07) is -0.480. The third-order valence-corrected chi connectivity index (χ3v) is 2.04. The number of rotatable bonds is 4. The maximum atomic E-state index is 11.4. The average molecular weight is 185 g/mol. The number of hydrogen-bond acceptors (Lipinski definition) is 3. The van der Waals surface area contributed by atoms with Crippen molar-refractivity contribution in [3.05, 3.63) is 0 Å². The predicted octanol–water partition coefficient (Wildman–Crippen LogP) is 1.30. The van der Waals surface area contributed by atoms with Crippen LogP contribution in [-0.4, -0.2) is 17.6 Å². The number of carbonyl (C=O) groups is 2. The first-order valence-electron chi connectivity index (χ1n) is 4.54. The molecular formula is C10H19NO2. The molecule has 0 unspecified atom stereocenters. The summed E-state index contributed by atoms with van der Waals surface area (Å²) in [5.41, 5.74) is 5.18. The zero-order valence-electron chi connectivity index (χ0n) is 8.89. The quantitative estimate of drug-likeness (QED) is 0.718. The lowest BCUT2D eigenvalue weighted by Gasteiger charge is -2.17. The maximum Gasteiger partial charge on any atom is 0.146 e. The van der Waals surface area contributed by atoms with E-state index in [4.69, 9.17) is 5.73 Å². The summed E-state index contributed by atoms with van der Waals surface area (Å²) in [6.07, 6.45) is 0.857. The second kappa shape index (κ2) is 4.51. The fraction of sp³-hybridized carbons (Fsp3) is 0.800. The van der Waals surface area contributed by atoms with E-state index in [0.29, 0.717) is 12.8 Å². The van der Waals surface area contributed by atoms with Gasteiger partial charge in [-0.05, 0) is 13.3 Å². The Hall–Kier alpha value is -0.700. The summed E-state index contributed by atoms with van der Waals surface area (Å²) in [7, 11) is 0. The highest BCUT2D eigenvalue weighted by atomic mass is 16.1. The van der Waals surface area contributed by atoms with Gasteiger partial charge < -0.3 is 5.73 Å². The van der Waals surface area contributed by atoms with Crippen LogP contribution >= 0.6 is 0 Å². The van der Waals surface area contributed by atoms with Gasteiger partial charge in [-0.25, -0.2) is 0 Å². The van der Waals surface area contributed by atoms with Crippen LogP contribution in [-0.2, 0) is 9.59 Å². The van der Waals surface area contributed by atoms with E-state index in [1.54, 1.807) is 0 Å². The van der Waals surface area contributed by atoms with Gasteiger partial charge in [0.15, 0.2) is 0 Å². The van der Waals surface area contributed by atoms with Crippen molar-refractivity contribution >= 4 is 11.6 Å². The Bertz CT molecular complexity index is 203. The molecule has 0 aliphatic rings. The van der Waals surface area contributed by atoms with Crippen LogP contribution in [0.3, 0.4) is 0 Å². The molecule has 0 aromatic rings. The van der Waals surface area contributed by atoms with Gasteiger partial charge in [0, 0.05) is 11.8 Å². The molecule has 0 amide bonds. The lowest BCUT2D eigenvalue weighted by Crippen LogP contribution is -2.30. The molecule has 0 bridgehead atoms. The number of ketones is 2. The van der Waals surface area contributed by atoms with E-state index in [2.05, 4.69) is 0 Å². The number of hydrogen-bond donors (Lipinski definition) is 1. The topological polar surface area (TPSA) is 60.2 Å². The number of nitrogens with two attached hydrogens (primary N) is 1. The van der Waals surface area contributed by atoms with E-state index in [1.807, 2.05) is 20.8 Å². The molecule has 0 aromatic heterocycles. The Morgan fingerprint density at radius 2 is 1.77 bits per heavy atom.